The van der Waals surface area contributed by atoms with Crippen molar-refractivity contribution in [2.45, 2.75) is 17.6 Å². The SMILES string of the molecule is COc1ccc(C(=O)Nc2ccccc2SCc2cc(=O)n3oc(C)cc3n2)cc1. The minimum atomic E-state index is -0.259. The van der Waals surface area contributed by atoms with Crippen molar-refractivity contribution in [3.63, 3.8) is 0 Å². The first-order chi connectivity index (χ1) is 14.5. The minimum Gasteiger partial charge on any atom is -0.497 e. The fourth-order valence-electron chi connectivity index (χ4n) is 2.93. The van der Waals surface area contributed by atoms with Gasteiger partial charge >= 0.3 is 0 Å². The predicted octanol–water partition coefficient (Wildman–Crippen LogP) is 4.15. The summed E-state index contributed by atoms with van der Waals surface area (Å²) in [5.74, 6) is 1.58. The quantitative estimate of drug-likeness (QED) is 0.471. The maximum Gasteiger partial charge on any atom is 0.287 e. The Morgan fingerprint density at radius 2 is 1.93 bits per heavy atom. The van der Waals surface area contributed by atoms with E-state index in [0.717, 1.165) is 4.90 Å². The van der Waals surface area contributed by atoms with Crippen LogP contribution in [0.25, 0.3) is 5.65 Å². The van der Waals surface area contributed by atoms with Gasteiger partial charge in [0.25, 0.3) is 11.5 Å². The van der Waals surface area contributed by atoms with Crippen molar-refractivity contribution < 1.29 is 14.1 Å². The van der Waals surface area contributed by atoms with E-state index < -0.39 is 0 Å². The third-order valence-corrected chi connectivity index (χ3v) is 5.49. The number of aryl methyl sites for hydroxylation is 1. The molecule has 0 radical (unpaired) electrons. The number of fused-ring (bicyclic) bond motifs is 1. The van der Waals surface area contributed by atoms with E-state index in [0.29, 0.717) is 39.9 Å². The summed E-state index contributed by atoms with van der Waals surface area (Å²) in [6.45, 7) is 1.77. The summed E-state index contributed by atoms with van der Waals surface area (Å²) < 4.78 is 11.6. The zero-order valence-corrected chi connectivity index (χ0v) is 17.2. The summed E-state index contributed by atoms with van der Waals surface area (Å²) >= 11 is 1.49. The molecule has 0 spiro atoms. The smallest absolute Gasteiger partial charge is 0.287 e. The Balaban J connectivity index is 1.50. The van der Waals surface area contributed by atoms with Gasteiger partial charge in [-0.05, 0) is 43.3 Å². The molecule has 30 heavy (non-hydrogen) atoms. The third-order valence-electron chi connectivity index (χ3n) is 4.39. The van der Waals surface area contributed by atoms with Crippen molar-refractivity contribution in [1.82, 2.24) is 9.56 Å². The lowest BCUT2D eigenvalue weighted by Gasteiger charge is -2.11. The number of carbonyl (C=O) groups is 1. The number of thioether (sulfide) groups is 1. The van der Waals surface area contributed by atoms with Crippen LogP contribution in [0.1, 0.15) is 21.8 Å². The average Bonchev–Trinajstić information content (AvgIpc) is 3.14. The molecule has 0 fully saturated rings. The van der Waals surface area contributed by atoms with Gasteiger partial charge in [-0.3, -0.25) is 9.59 Å². The van der Waals surface area contributed by atoms with E-state index in [-0.39, 0.29) is 11.5 Å². The molecule has 7 nitrogen and oxygen atoms in total. The highest BCUT2D eigenvalue weighted by Gasteiger charge is 2.11. The maximum atomic E-state index is 12.6. The molecule has 0 saturated heterocycles. The van der Waals surface area contributed by atoms with Crippen molar-refractivity contribution in [1.29, 1.82) is 0 Å². The second-order valence-electron chi connectivity index (χ2n) is 6.55. The Labute approximate surface area is 176 Å². The lowest BCUT2D eigenvalue weighted by Crippen LogP contribution is -2.13. The summed E-state index contributed by atoms with van der Waals surface area (Å²) in [6.07, 6.45) is 0. The van der Waals surface area contributed by atoms with Crippen LogP contribution in [-0.4, -0.2) is 22.6 Å². The normalized spacial score (nSPS) is 10.9. The Bertz CT molecular complexity index is 1260. The van der Waals surface area contributed by atoms with Crippen molar-refractivity contribution in [3.8, 4) is 5.75 Å². The van der Waals surface area contributed by atoms with Crippen molar-refractivity contribution in [2.75, 3.05) is 12.4 Å². The lowest BCUT2D eigenvalue weighted by atomic mass is 10.2. The van der Waals surface area contributed by atoms with Gasteiger partial charge in [0.15, 0.2) is 5.65 Å². The van der Waals surface area contributed by atoms with E-state index in [2.05, 4.69) is 10.3 Å². The first kappa shape index (κ1) is 19.8. The van der Waals surface area contributed by atoms with Gasteiger partial charge in [-0.1, -0.05) is 12.1 Å². The summed E-state index contributed by atoms with van der Waals surface area (Å²) in [6, 6.07) is 17.6. The predicted molar refractivity (Wildman–Crippen MR) is 115 cm³/mol. The third kappa shape index (κ3) is 4.23. The number of anilines is 1. The lowest BCUT2D eigenvalue weighted by molar-refractivity contribution is 0.102. The molecule has 8 heteroatoms. The summed E-state index contributed by atoms with van der Waals surface area (Å²) in [7, 11) is 1.58. The standard InChI is InChI=1S/C22H19N3O4S/c1-14-11-20-23-16(12-21(26)25(20)29-14)13-30-19-6-4-3-5-18(19)24-22(27)15-7-9-17(28-2)10-8-15/h3-12H,13H2,1-2H3,(H,24,27). The Morgan fingerprint density at radius 3 is 2.70 bits per heavy atom. The number of nitrogens with zero attached hydrogens (tertiary/aromatic N) is 2. The maximum absolute atomic E-state index is 12.6. The number of hydrogen-bond donors (Lipinski definition) is 1. The van der Waals surface area contributed by atoms with Crippen LogP contribution in [-0.2, 0) is 5.75 Å². The molecule has 0 aliphatic carbocycles. The van der Waals surface area contributed by atoms with E-state index in [1.807, 2.05) is 24.3 Å². The van der Waals surface area contributed by atoms with E-state index in [4.69, 9.17) is 9.26 Å². The van der Waals surface area contributed by atoms with Crippen LogP contribution >= 0.6 is 11.8 Å². The van der Waals surface area contributed by atoms with Crippen LogP contribution in [0.3, 0.4) is 0 Å². The molecule has 1 amide bonds. The van der Waals surface area contributed by atoms with E-state index in [9.17, 15) is 9.59 Å². The highest BCUT2D eigenvalue weighted by atomic mass is 32.2. The molecule has 2 heterocycles. The molecule has 0 aliphatic heterocycles. The van der Waals surface area contributed by atoms with Crippen LogP contribution in [0, 0.1) is 6.92 Å². The summed E-state index contributed by atoms with van der Waals surface area (Å²) in [5, 5.41) is 2.94. The van der Waals surface area contributed by atoms with Gasteiger partial charge in [-0.2, -0.15) is 0 Å². The largest absolute Gasteiger partial charge is 0.497 e. The van der Waals surface area contributed by atoms with Crippen molar-refractivity contribution in [2.24, 2.45) is 0 Å². The molecule has 0 aliphatic rings. The number of carbonyl (C=O) groups excluding carboxylic acids is 1. The van der Waals surface area contributed by atoms with Crippen LogP contribution in [0.2, 0.25) is 0 Å². The number of amides is 1. The van der Waals surface area contributed by atoms with Gasteiger partial charge in [0.05, 0.1) is 18.5 Å². The van der Waals surface area contributed by atoms with Gasteiger partial charge in [-0.15, -0.1) is 16.3 Å². The molecule has 0 bridgehead atoms. The summed E-state index contributed by atoms with van der Waals surface area (Å²) in [5.41, 5.74) is 2.09. The molecule has 0 unspecified atom stereocenters. The van der Waals surface area contributed by atoms with Gasteiger partial charge in [0.2, 0.25) is 0 Å². The zero-order chi connectivity index (χ0) is 21.1. The highest BCUT2D eigenvalue weighted by Crippen LogP contribution is 2.30. The van der Waals surface area contributed by atoms with Crippen LogP contribution in [0.15, 0.2) is 74.9 Å². The van der Waals surface area contributed by atoms with Gasteiger partial charge in [-0.25, -0.2) is 4.98 Å². The number of rotatable bonds is 6. The number of nitrogens with one attached hydrogen (secondary N) is 1. The molecule has 152 valence electrons. The molecule has 2 aromatic carbocycles. The monoisotopic (exact) mass is 421 g/mol. The molecule has 1 N–H and O–H groups in total. The van der Waals surface area contributed by atoms with E-state index in [1.165, 1.54) is 22.4 Å². The Kier molecular flexibility index (Phi) is 5.58. The molecular formula is C22H19N3O4S. The number of aromatic nitrogens is 2. The van der Waals surface area contributed by atoms with Crippen molar-refractivity contribution >= 4 is 29.0 Å². The second kappa shape index (κ2) is 8.46. The molecule has 0 saturated carbocycles. The van der Waals surface area contributed by atoms with Gasteiger partial charge in [0, 0.05) is 28.3 Å². The molecule has 4 rings (SSSR count). The Morgan fingerprint density at radius 1 is 1.17 bits per heavy atom. The number of methoxy groups -OCH3 is 1. The van der Waals surface area contributed by atoms with Crippen LogP contribution in [0.4, 0.5) is 5.69 Å². The van der Waals surface area contributed by atoms with Gasteiger partial charge < -0.3 is 14.6 Å². The molecule has 4 aromatic rings. The molecule has 2 aromatic heterocycles. The summed E-state index contributed by atoms with van der Waals surface area (Å²) in [4.78, 5) is 30.2. The van der Waals surface area contributed by atoms with Gasteiger partial charge in [0.1, 0.15) is 11.5 Å². The first-order valence-electron chi connectivity index (χ1n) is 9.20. The Hall–Kier alpha value is -3.52. The molecule has 0 atom stereocenters. The fourth-order valence-corrected chi connectivity index (χ4v) is 3.83. The molecular weight excluding hydrogens is 402 g/mol. The number of ether oxygens (including phenoxy) is 1. The average molecular weight is 421 g/mol. The van der Waals surface area contributed by atoms with E-state index >= 15 is 0 Å². The van der Waals surface area contributed by atoms with Crippen LogP contribution < -0.4 is 15.6 Å². The highest BCUT2D eigenvalue weighted by molar-refractivity contribution is 7.98. The zero-order valence-electron chi connectivity index (χ0n) is 16.4. The number of para-hydroxylation sites is 1. The fraction of sp³-hybridized carbons (Fsp3) is 0.136. The number of hydrogen-bond acceptors (Lipinski definition) is 6. The van der Waals surface area contributed by atoms with Crippen molar-refractivity contribution in [3.05, 3.63) is 88.0 Å². The minimum absolute atomic E-state index is 0.211. The topological polar surface area (TPSA) is 85.8 Å². The van der Waals surface area contributed by atoms with Crippen LogP contribution in [0.5, 0.6) is 5.75 Å². The number of benzene rings is 2. The first-order valence-corrected chi connectivity index (χ1v) is 10.2. The second-order valence-corrected chi connectivity index (χ2v) is 7.57. The van der Waals surface area contributed by atoms with E-state index in [1.54, 1.807) is 44.4 Å².